The lowest BCUT2D eigenvalue weighted by molar-refractivity contribution is -0.122. The molecule has 0 radical (unpaired) electrons. The Kier molecular flexibility index (Phi) is 6.84. The average Bonchev–Trinajstić information content (AvgIpc) is 2.86. The van der Waals surface area contributed by atoms with Gasteiger partial charge in [0.25, 0.3) is 0 Å². The van der Waals surface area contributed by atoms with Gasteiger partial charge in [-0.2, -0.15) is 0 Å². The number of benzene rings is 1. The predicted octanol–water partition coefficient (Wildman–Crippen LogP) is 1.52. The van der Waals surface area contributed by atoms with Gasteiger partial charge in [0.2, 0.25) is 5.91 Å². The Balaban J connectivity index is 1.53. The molecule has 0 aliphatic carbocycles. The van der Waals surface area contributed by atoms with Gasteiger partial charge in [-0.15, -0.1) is 0 Å². The molecule has 0 spiro atoms. The molecular formula is C20H31N3O2. The third kappa shape index (κ3) is 5.53. The molecule has 138 valence electrons. The minimum atomic E-state index is -0.160. The SMILES string of the molecule is NC(=O)[C@@H]1CN(CCCc2ccccc2)CCN(C2CCOCC2)C1. The third-order valence-corrected chi connectivity index (χ3v) is 5.53. The van der Waals surface area contributed by atoms with Crippen LogP contribution in [0, 0.1) is 5.92 Å². The van der Waals surface area contributed by atoms with Gasteiger partial charge < -0.3 is 15.4 Å². The lowest BCUT2D eigenvalue weighted by Gasteiger charge is -2.34. The van der Waals surface area contributed by atoms with Crippen molar-refractivity contribution in [2.24, 2.45) is 11.7 Å². The quantitative estimate of drug-likeness (QED) is 0.849. The van der Waals surface area contributed by atoms with Gasteiger partial charge in [0.05, 0.1) is 5.92 Å². The highest BCUT2D eigenvalue weighted by Crippen LogP contribution is 2.19. The minimum absolute atomic E-state index is 0.0675. The lowest BCUT2D eigenvalue weighted by atomic mass is 10.0. The summed E-state index contributed by atoms with van der Waals surface area (Å²) in [5, 5.41) is 0. The first-order chi connectivity index (χ1) is 12.2. The van der Waals surface area contributed by atoms with Crippen LogP contribution in [0.25, 0.3) is 0 Å². The number of hydrogen-bond donors (Lipinski definition) is 1. The molecule has 2 saturated heterocycles. The van der Waals surface area contributed by atoms with E-state index >= 15 is 0 Å². The van der Waals surface area contributed by atoms with E-state index in [1.165, 1.54) is 5.56 Å². The van der Waals surface area contributed by atoms with E-state index in [9.17, 15) is 4.79 Å². The van der Waals surface area contributed by atoms with Crippen LogP contribution in [0.4, 0.5) is 0 Å². The Morgan fingerprint density at radius 2 is 1.88 bits per heavy atom. The van der Waals surface area contributed by atoms with Gasteiger partial charge in [-0.05, 0) is 37.8 Å². The molecule has 0 saturated carbocycles. The summed E-state index contributed by atoms with van der Waals surface area (Å²) in [5.74, 6) is -0.228. The van der Waals surface area contributed by atoms with Crippen LogP contribution in [-0.2, 0) is 16.0 Å². The summed E-state index contributed by atoms with van der Waals surface area (Å²) in [6, 6.07) is 11.1. The number of hydrogen-bond acceptors (Lipinski definition) is 4. The van der Waals surface area contributed by atoms with Gasteiger partial charge in [-0.25, -0.2) is 0 Å². The molecule has 5 heteroatoms. The number of carbonyl (C=O) groups is 1. The predicted molar refractivity (Wildman–Crippen MR) is 99.3 cm³/mol. The fourth-order valence-electron chi connectivity index (χ4n) is 4.02. The molecule has 2 N–H and O–H groups in total. The second kappa shape index (κ2) is 9.32. The van der Waals surface area contributed by atoms with Crippen LogP contribution in [-0.4, -0.2) is 67.7 Å². The van der Waals surface area contributed by atoms with Crippen LogP contribution in [0.3, 0.4) is 0 Å². The van der Waals surface area contributed by atoms with Crippen molar-refractivity contribution in [3.05, 3.63) is 35.9 Å². The Morgan fingerprint density at radius 3 is 2.60 bits per heavy atom. The third-order valence-electron chi connectivity index (χ3n) is 5.53. The first-order valence-electron chi connectivity index (χ1n) is 9.60. The summed E-state index contributed by atoms with van der Waals surface area (Å²) in [5.41, 5.74) is 7.08. The fraction of sp³-hybridized carbons (Fsp3) is 0.650. The van der Waals surface area contributed by atoms with Gasteiger partial charge in [0, 0.05) is 45.4 Å². The molecule has 5 nitrogen and oxygen atoms in total. The second-order valence-corrected chi connectivity index (χ2v) is 7.33. The van der Waals surface area contributed by atoms with E-state index in [4.69, 9.17) is 10.5 Å². The summed E-state index contributed by atoms with van der Waals surface area (Å²) in [7, 11) is 0. The van der Waals surface area contributed by atoms with Gasteiger partial charge in [0.15, 0.2) is 0 Å². The van der Waals surface area contributed by atoms with Crippen molar-refractivity contribution in [1.82, 2.24) is 9.80 Å². The number of aryl methyl sites for hydroxylation is 1. The molecule has 1 amide bonds. The van der Waals surface area contributed by atoms with E-state index < -0.39 is 0 Å². The molecule has 2 aliphatic heterocycles. The van der Waals surface area contributed by atoms with Gasteiger partial charge >= 0.3 is 0 Å². The van der Waals surface area contributed by atoms with E-state index in [-0.39, 0.29) is 11.8 Å². The fourth-order valence-corrected chi connectivity index (χ4v) is 4.02. The van der Waals surface area contributed by atoms with Crippen molar-refractivity contribution in [3.63, 3.8) is 0 Å². The molecular weight excluding hydrogens is 314 g/mol. The number of carbonyl (C=O) groups excluding carboxylic acids is 1. The molecule has 2 fully saturated rings. The normalized spacial score (nSPS) is 24.1. The van der Waals surface area contributed by atoms with Crippen molar-refractivity contribution >= 4 is 5.91 Å². The Hall–Kier alpha value is -1.43. The first-order valence-corrected chi connectivity index (χ1v) is 9.60. The summed E-state index contributed by atoms with van der Waals surface area (Å²) in [4.78, 5) is 16.8. The number of nitrogens with zero attached hydrogens (tertiary/aromatic N) is 2. The monoisotopic (exact) mass is 345 g/mol. The molecule has 0 bridgehead atoms. The molecule has 1 atom stereocenters. The Labute approximate surface area is 151 Å². The van der Waals surface area contributed by atoms with Gasteiger partial charge in [0.1, 0.15) is 0 Å². The largest absolute Gasteiger partial charge is 0.381 e. The molecule has 0 unspecified atom stereocenters. The van der Waals surface area contributed by atoms with Crippen LogP contribution in [0.5, 0.6) is 0 Å². The average molecular weight is 345 g/mol. The lowest BCUT2D eigenvalue weighted by Crippen LogP contribution is -2.44. The zero-order valence-corrected chi connectivity index (χ0v) is 15.1. The first kappa shape index (κ1) is 18.4. The van der Waals surface area contributed by atoms with Crippen LogP contribution < -0.4 is 5.73 Å². The van der Waals surface area contributed by atoms with Crippen molar-refractivity contribution < 1.29 is 9.53 Å². The Bertz CT molecular complexity index is 531. The van der Waals surface area contributed by atoms with Crippen molar-refractivity contribution in [2.45, 2.75) is 31.7 Å². The van der Waals surface area contributed by atoms with Crippen molar-refractivity contribution in [2.75, 3.05) is 45.9 Å². The highest BCUT2D eigenvalue weighted by atomic mass is 16.5. The number of nitrogens with two attached hydrogens (primary N) is 1. The van der Waals surface area contributed by atoms with Crippen LogP contribution in [0.15, 0.2) is 30.3 Å². The molecule has 2 heterocycles. The zero-order chi connectivity index (χ0) is 17.5. The van der Waals surface area contributed by atoms with Gasteiger partial charge in [-0.1, -0.05) is 30.3 Å². The molecule has 3 rings (SSSR count). The summed E-state index contributed by atoms with van der Waals surface area (Å²) < 4.78 is 5.48. The van der Waals surface area contributed by atoms with E-state index in [0.29, 0.717) is 6.04 Å². The van der Waals surface area contributed by atoms with Gasteiger partial charge in [-0.3, -0.25) is 9.69 Å². The maximum atomic E-state index is 11.9. The number of rotatable bonds is 6. The molecule has 0 aromatic heterocycles. The number of amides is 1. The zero-order valence-electron chi connectivity index (χ0n) is 15.1. The topological polar surface area (TPSA) is 58.8 Å². The highest BCUT2D eigenvalue weighted by Gasteiger charge is 2.30. The van der Waals surface area contributed by atoms with Crippen LogP contribution >= 0.6 is 0 Å². The maximum absolute atomic E-state index is 11.9. The van der Waals surface area contributed by atoms with Crippen LogP contribution in [0.1, 0.15) is 24.8 Å². The molecule has 2 aliphatic rings. The number of ether oxygens (including phenoxy) is 1. The summed E-state index contributed by atoms with van der Waals surface area (Å²) >= 11 is 0. The standard InChI is InChI=1S/C20H31N3O2/c21-20(24)18-15-22(10-4-7-17-5-2-1-3-6-17)11-12-23(16-18)19-8-13-25-14-9-19/h1-3,5-6,18-19H,4,7-16H2,(H2,21,24)/t18-/m1/s1. The number of primary amides is 1. The van der Waals surface area contributed by atoms with E-state index in [1.54, 1.807) is 0 Å². The van der Waals surface area contributed by atoms with E-state index in [2.05, 4.69) is 40.1 Å². The maximum Gasteiger partial charge on any atom is 0.223 e. The molecule has 1 aromatic carbocycles. The van der Waals surface area contributed by atoms with Crippen molar-refractivity contribution in [3.8, 4) is 0 Å². The smallest absolute Gasteiger partial charge is 0.223 e. The van der Waals surface area contributed by atoms with E-state index in [1.807, 2.05) is 0 Å². The Morgan fingerprint density at radius 1 is 1.12 bits per heavy atom. The molecule has 25 heavy (non-hydrogen) atoms. The van der Waals surface area contributed by atoms with Crippen molar-refractivity contribution in [1.29, 1.82) is 0 Å². The van der Waals surface area contributed by atoms with Crippen LogP contribution in [0.2, 0.25) is 0 Å². The van der Waals surface area contributed by atoms with E-state index in [0.717, 1.165) is 71.6 Å². The summed E-state index contributed by atoms with van der Waals surface area (Å²) in [6.45, 7) is 6.35. The molecule has 1 aromatic rings. The minimum Gasteiger partial charge on any atom is -0.381 e. The second-order valence-electron chi connectivity index (χ2n) is 7.33. The highest BCUT2D eigenvalue weighted by molar-refractivity contribution is 5.77. The summed E-state index contributed by atoms with van der Waals surface area (Å²) in [6.07, 6.45) is 4.34.